The molecule has 0 saturated heterocycles. The van der Waals surface area contributed by atoms with Crippen LogP contribution in [-0.4, -0.2) is 31.8 Å². The van der Waals surface area contributed by atoms with Crippen molar-refractivity contribution in [2.24, 2.45) is 10.7 Å². The van der Waals surface area contributed by atoms with Crippen molar-refractivity contribution in [3.8, 4) is 5.75 Å². The molecule has 0 unspecified atom stereocenters. The van der Waals surface area contributed by atoms with Crippen molar-refractivity contribution < 1.29 is 19.1 Å². The third-order valence-corrected chi connectivity index (χ3v) is 2.91. The lowest BCUT2D eigenvalue weighted by molar-refractivity contribution is -0.119. The van der Waals surface area contributed by atoms with Gasteiger partial charge in [0.1, 0.15) is 5.75 Å². The van der Waals surface area contributed by atoms with Gasteiger partial charge in [0.25, 0.3) is 5.91 Å². The number of ether oxygens (including phenoxy) is 2. The number of nitrogens with two attached hydrogens (primary N) is 1. The predicted molar refractivity (Wildman–Crippen MR) is 86.2 cm³/mol. The minimum atomic E-state index is -0.522. The first-order valence-corrected chi connectivity index (χ1v) is 6.82. The van der Waals surface area contributed by atoms with E-state index in [9.17, 15) is 9.59 Å². The first kappa shape index (κ1) is 16.2. The zero-order chi connectivity index (χ0) is 16.7. The third-order valence-electron chi connectivity index (χ3n) is 2.91. The molecule has 0 aromatic heterocycles. The van der Waals surface area contributed by atoms with Crippen LogP contribution in [0.1, 0.15) is 15.9 Å². The molecule has 23 heavy (non-hydrogen) atoms. The van der Waals surface area contributed by atoms with E-state index >= 15 is 0 Å². The molecule has 6 heteroatoms. The number of methoxy groups -OCH3 is 1. The van der Waals surface area contributed by atoms with Crippen molar-refractivity contribution in [2.75, 3.05) is 13.7 Å². The smallest absolute Gasteiger partial charge is 0.337 e. The summed E-state index contributed by atoms with van der Waals surface area (Å²) in [6, 6.07) is 13.8. The lowest BCUT2D eigenvalue weighted by Gasteiger charge is -2.03. The highest BCUT2D eigenvalue weighted by Crippen LogP contribution is 2.15. The zero-order valence-corrected chi connectivity index (χ0v) is 12.6. The van der Waals surface area contributed by atoms with E-state index in [2.05, 4.69) is 9.73 Å². The molecule has 6 nitrogen and oxygen atoms in total. The number of benzene rings is 2. The fourth-order valence-electron chi connectivity index (χ4n) is 1.76. The summed E-state index contributed by atoms with van der Waals surface area (Å²) in [6.07, 6.45) is 1.69. The molecule has 0 fully saturated rings. The number of amides is 1. The minimum Gasteiger partial charge on any atom is -0.484 e. The van der Waals surface area contributed by atoms with Gasteiger partial charge in [-0.15, -0.1) is 0 Å². The molecule has 0 aliphatic heterocycles. The van der Waals surface area contributed by atoms with Gasteiger partial charge in [0.2, 0.25) is 0 Å². The summed E-state index contributed by atoms with van der Waals surface area (Å²) in [5.41, 5.74) is 7.06. The molecule has 2 N–H and O–H groups in total. The highest BCUT2D eigenvalue weighted by Gasteiger charge is 2.03. The Balaban J connectivity index is 1.99. The summed E-state index contributed by atoms with van der Waals surface area (Å²) in [5, 5.41) is 0. The Morgan fingerprint density at radius 2 is 1.74 bits per heavy atom. The summed E-state index contributed by atoms with van der Waals surface area (Å²) < 4.78 is 9.80. The summed E-state index contributed by atoms with van der Waals surface area (Å²) in [7, 11) is 1.34. The monoisotopic (exact) mass is 312 g/mol. The Hall–Kier alpha value is -3.15. The normalized spacial score (nSPS) is 10.5. The molecule has 0 spiro atoms. The Labute approximate surface area is 133 Å². The first-order valence-electron chi connectivity index (χ1n) is 6.82. The summed E-state index contributed by atoms with van der Waals surface area (Å²) >= 11 is 0. The van der Waals surface area contributed by atoms with E-state index in [4.69, 9.17) is 10.5 Å². The second-order valence-corrected chi connectivity index (χ2v) is 4.62. The van der Waals surface area contributed by atoms with Crippen molar-refractivity contribution >= 4 is 23.8 Å². The fraction of sp³-hybridized carbons (Fsp3) is 0.118. The number of esters is 1. The Kier molecular flexibility index (Phi) is 5.46. The molecule has 2 rings (SSSR count). The average Bonchev–Trinajstić information content (AvgIpc) is 2.58. The van der Waals surface area contributed by atoms with Crippen molar-refractivity contribution in [1.29, 1.82) is 0 Å². The topological polar surface area (TPSA) is 91.0 Å². The largest absolute Gasteiger partial charge is 0.484 e. The SMILES string of the molecule is COC(=O)c1ccc(N=Cc2ccc(OCC(N)=O)cc2)cc1. The van der Waals surface area contributed by atoms with E-state index in [-0.39, 0.29) is 12.6 Å². The lowest BCUT2D eigenvalue weighted by Crippen LogP contribution is -2.19. The van der Waals surface area contributed by atoms with Crippen LogP contribution in [0.15, 0.2) is 53.5 Å². The van der Waals surface area contributed by atoms with E-state index in [0.29, 0.717) is 17.0 Å². The zero-order valence-electron chi connectivity index (χ0n) is 12.6. The highest BCUT2D eigenvalue weighted by molar-refractivity contribution is 5.90. The fourth-order valence-corrected chi connectivity index (χ4v) is 1.76. The van der Waals surface area contributed by atoms with Gasteiger partial charge in [0, 0.05) is 6.21 Å². The number of carbonyl (C=O) groups excluding carboxylic acids is 2. The van der Waals surface area contributed by atoms with Gasteiger partial charge in [-0.05, 0) is 54.1 Å². The van der Waals surface area contributed by atoms with Gasteiger partial charge < -0.3 is 15.2 Å². The number of aliphatic imine (C=N–C) groups is 1. The maximum Gasteiger partial charge on any atom is 0.337 e. The van der Waals surface area contributed by atoms with E-state index < -0.39 is 5.91 Å². The molecule has 0 bridgehead atoms. The van der Waals surface area contributed by atoms with E-state index in [0.717, 1.165) is 5.56 Å². The first-order chi connectivity index (χ1) is 11.1. The van der Waals surface area contributed by atoms with Crippen LogP contribution in [0, 0.1) is 0 Å². The number of carbonyl (C=O) groups is 2. The number of nitrogens with zero attached hydrogens (tertiary/aromatic N) is 1. The van der Waals surface area contributed by atoms with Crippen LogP contribution in [0.2, 0.25) is 0 Å². The van der Waals surface area contributed by atoms with Crippen LogP contribution in [0.25, 0.3) is 0 Å². The van der Waals surface area contributed by atoms with Crippen molar-refractivity contribution in [3.05, 3.63) is 59.7 Å². The summed E-state index contributed by atoms with van der Waals surface area (Å²) in [5.74, 6) is -0.346. The van der Waals surface area contributed by atoms with Crippen LogP contribution in [0.3, 0.4) is 0 Å². The van der Waals surface area contributed by atoms with Gasteiger partial charge in [0.15, 0.2) is 6.61 Å². The molecular weight excluding hydrogens is 296 g/mol. The molecule has 0 aliphatic rings. The minimum absolute atomic E-state index is 0.153. The quantitative estimate of drug-likeness (QED) is 0.653. The molecule has 118 valence electrons. The maximum atomic E-state index is 11.3. The van der Waals surface area contributed by atoms with Gasteiger partial charge in [-0.1, -0.05) is 0 Å². The van der Waals surface area contributed by atoms with Crippen molar-refractivity contribution in [2.45, 2.75) is 0 Å². The maximum absolute atomic E-state index is 11.3. The molecule has 0 radical (unpaired) electrons. The summed E-state index contributed by atoms with van der Waals surface area (Å²) in [6.45, 7) is -0.153. The van der Waals surface area contributed by atoms with Crippen molar-refractivity contribution in [3.63, 3.8) is 0 Å². The second-order valence-electron chi connectivity index (χ2n) is 4.62. The number of primary amides is 1. The third kappa shape index (κ3) is 4.96. The Bertz CT molecular complexity index is 706. The van der Waals surface area contributed by atoms with Gasteiger partial charge in [0.05, 0.1) is 18.4 Å². The van der Waals surface area contributed by atoms with Gasteiger partial charge >= 0.3 is 5.97 Å². The number of rotatable bonds is 6. The van der Waals surface area contributed by atoms with Gasteiger partial charge in [-0.25, -0.2) is 4.79 Å². The van der Waals surface area contributed by atoms with Crippen LogP contribution < -0.4 is 10.5 Å². The van der Waals surface area contributed by atoms with E-state index in [1.807, 2.05) is 12.1 Å². The second kappa shape index (κ2) is 7.74. The lowest BCUT2D eigenvalue weighted by atomic mass is 10.2. The molecule has 0 atom stereocenters. The van der Waals surface area contributed by atoms with Crippen LogP contribution in [-0.2, 0) is 9.53 Å². The van der Waals surface area contributed by atoms with Gasteiger partial charge in [-0.2, -0.15) is 0 Å². The summed E-state index contributed by atoms with van der Waals surface area (Å²) in [4.78, 5) is 26.3. The molecule has 0 saturated carbocycles. The van der Waals surface area contributed by atoms with Gasteiger partial charge in [-0.3, -0.25) is 9.79 Å². The standard InChI is InChI=1S/C17H16N2O4/c1-22-17(21)13-4-6-14(7-5-13)19-10-12-2-8-15(9-3-12)23-11-16(18)20/h2-10H,11H2,1H3,(H2,18,20). The number of hydrogen-bond acceptors (Lipinski definition) is 5. The molecule has 0 heterocycles. The number of hydrogen-bond donors (Lipinski definition) is 1. The molecule has 1 amide bonds. The van der Waals surface area contributed by atoms with E-state index in [1.54, 1.807) is 42.6 Å². The van der Waals surface area contributed by atoms with Crippen LogP contribution >= 0.6 is 0 Å². The van der Waals surface area contributed by atoms with Crippen LogP contribution in [0.5, 0.6) is 5.75 Å². The highest BCUT2D eigenvalue weighted by atomic mass is 16.5. The van der Waals surface area contributed by atoms with E-state index in [1.165, 1.54) is 7.11 Å². The molecule has 2 aromatic carbocycles. The predicted octanol–water partition coefficient (Wildman–Crippen LogP) is 2.09. The average molecular weight is 312 g/mol. The molecule has 2 aromatic rings. The molecule has 0 aliphatic carbocycles. The molecular formula is C17H16N2O4. The Morgan fingerprint density at radius 3 is 2.30 bits per heavy atom. The van der Waals surface area contributed by atoms with Crippen molar-refractivity contribution in [1.82, 2.24) is 0 Å². The van der Waals surface area contributed by atoms with Crippen LogP contribution in [0.4, 0.5) is 5.69 Å². The Morgan fingerprint density at radius 1 is 1.09 bits per heavy atom.